The normalized spacial score (nSPS) is 10.9. The van der Waals surface area contributed by atoms with Gasteiger partial charge < -0.3 is 15.4 Å². The Balaban J connectivity index is 2.86. The van der Waals surface area contributed by atoms with E-state index in [2.05, 4.69) is 18.7 Å². The largest absolute Gasteiger partial charge is 0.399 e. The number of rotatable bonds is 6. The smallest absolute Gasteiger partial charge is 0.0660 e. The van der Waals surface area contributed by atoms with Crippen molar-refractivity contribution in [2.45, 2.75) is 13.8 Å². The molecule has 3 nitrogen and oxygen atoms in total. The minimum atomic E-state index is 0.570. The number of ether oxygens (including phenoxy) is 1. The van der Waals surface area contributed by atoms with Gasteiger partial charge >= 0.3 is 0 Å². The summed E-state index contributed by atoms with van der Waals surface area (Å²) >= 11 is 6.22. The van der Waals surface area contributed by atoms with Gasteiger partial charge in [-0.2, -0.15) is 0 Å². The average molecular weight is 257 g/mol. The van der Waals surface area contributed by atoms with E-state index in [-0.39, 0.29) is 0 Å². The molecule has 0 amide bonds. The SMILES string of the molecule is COCCN(CC(C)C)c1ccc(N)cc1Cl. The lowest BCUT2D eigenvalue weighted by atomic mass is 10.2. The van der Waals surface area contributed by atoms with Crippen LogP contribution in [0.25, 0.3) is 0 Å². The molecule has 0 aromatic heterocycles. The van der Waals surface area contributed by atoms with Crippen LogP contribution in [0, 0.1) is 5.92 Å². The van der Waals surface area contributed by atoms with E-state index in [1.54, 1.807) is 13.2 Å². The monoisotopic (exact) mass is 256 g/mol. The summed E-state index contributed by atoms with van der Waals surface area (Å²) in [6, 6.07) is 5.63. The molecule has 0 fully saturated rings. The number of nitrogens with zero attached hydrogens (tertiary/aromatic N) is 1. The molecule has 0 aliphatic heterocycles. The Bertz CT molecular complexity index is 355. The van der Waals surface area contributed by atoms with Crippen LogP contribution in [0.4, 0.5) is 11.4 Å². The molecule has 1 aromatic rings. The molecule has 0 saturated carbocycles. The van der Waals surface area contributed by atoms with Crippen molar-refractivity contribution in [3.63, 3.8) is 0 Å². The van der Waals surface area contributed by atoms with E-state index in [0.717, 1.165) is 18.8 Å². The summed E-state index contributed by atoms with van der Waals surface area (Å²) in [5.41, 5.74) is 7.41. The third kappa shape index (κ3) is 4.44. The molecule has 2 N–H and O–H groups in total. The number of hydrogen-bond donors (Lipinski definition) is 1. The van der Waals surface area contributed by atoms with Gasteiger partial charge in [0.25, 0.3) is 0 Å². The summed E-state index contributed by atoms with van der Waals surface area (Å²) < 4.78 is 5.13. The first-order chi connectivity index (χ1) is 8.04. The van der Waals surface area contributed by atoms with Gasteiger partial charge in [-0.25, -0.2) is 0 Å². The first-order valence-electron chi connectivity index (χ1n) is 5.83. The highest BCUT2D eigenvalue weighted by atomic mass is 35.5. The molecule has 96 valence electrons. The highest BCUT2D eigenvalue weighted by molar-refractivity contribution is 6.33. The van der Waals surface area contributed by atoms with Crippen molar-refractivity contribution in [2.24, 2.45) is 5.92 Å². The summed E-state index contributed by atoms with van der Waals surface area (Å²) in [4.78, 5) is 2.23. The fourth-order valence-electron chi connectivity index (χ4n) is 1.73. The van der Waals surface area contributed by atoms with Gasteiger partial charge in [-0.15, -0.1) is 0 Å². The first-order valence-corrected chi connectivity index (χ1v) is 6.21. The number of halogens is 1. The first kappa shape index (κ1) is 14.1. The molecule has 1 rings (SSSR count). The molecular weight excluding hydrogens is 236 g/mol. The fourth-order valence-corrected chi connectivity index (χ4v) is 2.04. The number of benzene rings is 1. The van der Waals surface area contributed by atoms with Crippen molar-refractivity contribution in [1.82, 2.24) is 0 Å². The molecule has 0 radical (unpaired) electrons. The van der Waals surface area contributed by atoms with Crippen molar-refractivity contribution >= 4 is 23.0 Å². The molecule has 0 saturated heterocycles. The molecule has 0 spiro atoms. The topological polar surface area (TPSA) is 38.5 Å². The second-order valence-electron chi connectivity index (χ2n) is 4.54. The van der Waals surface area contributed by atoms with Gasteiger partial charge in [-0.05, 0) is 24.1 Å². The van der Waals surface area contributed by atoms with Gasteiger partial charge in [-0.3, -0.25) is 0 Å². The van der Waals surface area contributed by atoms with E-state index in [1.165, 1.54) is 0 Å². The van der Waals surface area contributed by atoms with Crippen LogP contribution in [0.15, 0.2) is 18.2 Å². The van der Waals surface area contributed by atoms with Gasteiger partial charge in [0.1, 0.15) is 0 Å². The molecule has 17 heavy (non-hydrogen) atoms. The lowest BCUT2D eigenvalue weighted by molar-refractivity contribution is 0.204. The maximum atomic E-state index is 6.22. The van der Waals surface area contributed by atoms with Crippen molar-refractivity contribution in [3.8, 4) is 0 Å². The van der Waals surface area contributed by atoms with Crippen molar-refractivity contribution in [1.29, 1.82) is 0 Å². The Hall–Kier alpha value is -0.930. The van der Waals surface area contributed by atoms with E-state index in [4.69, 9.17) is 22.1 Å². The van der Waals surface area contributed by atoms with Crippen LogP contribution in [-0.4, -0.2) is 26.8 Å². The maximum absolute atomic E-state index is 6.22. The van der Waals surface area contributed by atoms with Crippen LogP contribution < -0.4 is 10.6 Å². The van der Waals surface area contributed by atoms with Crippen LogP contribution in [0.2, 0.25) is 5.02 Å². The number of methoxy groups -OCH3 is 1. The predicted molar refractivity (Wildman–Crippen MR) is 74.8 cm³/mol. The van der Waals surface area contributed by atoms with Gasteiger partial charge in [-0.1, -0.05) is 25.4 Å². The zero-order valence-electron chi connectivity index (χ0n) is 10.7. The second-order valence-corrected chi connectivity index (χ2v) is 4.95. The molecule has 0 atom stereocenters. The fraction of sp³-hybridized carbons (Fsp3) is 0.538. The third-order valence-corrected chi connectivity index (χ3v) is 2.77. The van der Waals surface area contributed by atoms with Crippen molar-refractivity contribution in [3.05, 3.63) is 23.2 Å². The second kappa shape index (κ2) is 6.72. The van der Waals surface area contributed by atoms with Crippen LogP contribution in [0.1, 0.15) is 13.8 Å². The molecule has 4 heteroatoms. The highest BCUT2D eigenvalue weighted by Gasteiger charge is 2.11. The average Bonchev–Trinajstić information content (AvgIpc) is 2.24. The van der Waals surface area contributed by atoms with Gasteiger partial charge in [0.05, 0.1) is 17.3 Å². The van der Waals surface area contributed by atoms with Crippen molar-refractivity contribution < 1.29 is 4.74 Å². The summed E-state index contributed by atoms with van der Waals surface area (Å²) in [7, 11) is 1.71. The summed E-state index contributed by atoms with van der Waals surface area (Å²) in [5.74, 6) is 0.570. The third-order valence-electron chi connectivity index (χ3n) is 2.46. The number of nitrogen functional groups attached to an aromatic ring is 1. The quantitative estimate of drug-likeness (QED) is 0.795. The number of nitrogens with two attached hydrogens (primary N) is 1. The lowest BCUT2D eigenvalue weighted by Crippen LogP contribution is -2.31. The molecule has 0 bridgehead atoms. The summed E-state index contributed by atoms with van der Waals surface area (Å²) in [5, 5.41) is 0.696. The minimum absolute atomic E-state index is 0.570. The Morgan fingerprint density at radius 3 is 2.65 bits per heavy atom. The standard InChI is InChI=1S/C13H21ClN2O/c1-10(2)9-16(6-7-17-3)13-5-4-11(15)8-12(13)14/h4-5,8,10H,6-7,9,15H2,1-3H3. The Morgan fingerprint density at radius 2 is 2.12 bits per heavy atom. The molecule has 0 aliphatic carbocycles. The van der Waals surface area contributed by atoms with E-state index in [0.29, 0.717) is 23.2 Å². The summed E-state index contributed by atoms with van der Waals surface area (Å²) in [6.45, 7) is 6.84. The zero-order valence-corrected chi connectivity index (χ0v) is 11.5. The van der Waals surface area contributed by atoms with Gasteiger partial charge in [0, 0.05) is 25.9 Å². The van der Waals surface area contributed by atoms with Crippen LogP contribution in [-0.2, 0) is 4.74 Å². The van der Waals surface area contributed by atoms with Gasteiger partial charge in [0.2, 0.25) is 0 Å². The summed E-state index contributed by atoms with van der Waals surface area (Å²) in [6.07, 6.45) is 0. The molecule has 0 unspecified atom stereocenters. The van der Waals surface area contributed by atoms with Crippen LogP contribution in [0.5, 0.6) is 0 Å². The lowest BCUT2D eigenvalue weighted by Gasteiger charge is -2.27. The Kier molecular flexibility index (Phi) is 5.59. The molecule has 1 aromatic carbocycles. The van der Waals surface area contributed by atoms with Crippen molar-refractivity contribution in [2.75, 3.05) is 37.4 Å². The van der Waals surface area contributed by atoms with Gasteiger partial charge in [0.15, 0.2) is 0 Å². The van der Waals surface area contributed by atoms with E-state index >= 15 is 0 Å². The number of anilines is 2. The van der Waals surface area contributed by atoms with Crippen LogP contribution in [0.3, 0.4) is 0 Å². The maximum Gasteiger partial charge on any atom is 0.0660 e. The minimum Gasteiger partial charge on any atom is -0.399 e. The highest BCUT2D eigenvalue weighted by Crippen LogP contribution is 2.28. The molecule has 0 heterocycles. The zero-order chi connectivity index (χ0) is 12.8. The number of hydrogen-bond acceptors (Lipinski definition) is 3. The Morgan fingerprint density at radius 1 is 1.41 bits per heavy atom. The molecule has 0 aliphatic rings. The van der Waals surface area contributed by atoms with Crippen LogP contribution >= 0.6 is 11.6 Å². The molecular formula is C13H21ClN2O. The van der Waals surface area contributed by atoms with E-state index in [9.17, 15) is 0 Å². The Labute approximate surface area is 109 Å². The van der Waals surface area contributed by atoms with E-state index < -0.39 is 0 Å². The predicted octanol–water partition coefficient (Wildman–Crippen LogP) is 3.03. The van der Waals surface area contributed by atoms with E-state index in [1.807, 2.05) is 12.1 Å².